The number of carbonyl (C=O) groups excluding carboxylic acids is 2. The van der Waals surface area contributed by atoms with Crippen molar-refractivity contribution in [3.8, 4) is 102 Å². The molecule has 14 heteroatoms. The van der Waals surface area contributed by atoms with E-state index in [2.05, 4.69) is 9.97 Å². The van der Waals surface area contributed by atoms with Crippen LogP contribution in [0.2, 0.25) is 0 Å². The van der Waals surface area contributed by atoms with Crippen LogP contribution in [0.1, 0.15) is 34.8 Å². The normalized spacial score (nSPS) is 10.8. The van der Waals surface area contributed by atoms with Crippen LogP contribution in [0.15, 0.2) is 72.8 Å². The summed E-state index contributed by atoms with van der Waals surface area (Å²) in [5, 5.41) is 0. The number of rotatable bonds is 17. The standard InChI is InChI=1S/C46H48N2O12/c1-11-59-45(49)43-39(27-15-19-31(53-5)35(23-27)57-9)37(25-13-17-29(51-3)33(21-25)55-7)41(47-43)42-38(26-14-18-30(52-4)34(22-26)56-8)40(44(48-42)46(50)60-12-2)28-16-20-32(54-6)36(24-28)58-10/h13-24,47-48H,11-12H2,1-10H3. The maximum atomic E-state index is 14.2. The van der Waals surface area contributed by atoms with Crippen molar-refractivity contribution in [2.24, 2.45) is 0 Å². The third kappa shape index (κ3) is 7.83. The average molecular weight is 821 g/mol. The van der Waals surface area contributed by atoms with Crippen molar-refractivity contribution in [3.63, 3.8) is 0 Å². The number of hydrogen-bond acceptors (Lipinski definition) is 12. The highest BCUT2D eigenvalue weighted by Gasteiger charge is 2.33. The Bertz CT molecular complexity index is 2340. The average Bonchev–Trinajstić information content (AvgIpc) is 3.88. The van der Waals surface area contributed by atoms with Gasteiger partial charge in [-0.15, -0.1) is 0 Å². The quantitative estimate of drug-likeness (QED) is 0.0843. The molecule has 2 heterocycles. The molecule has 6 rings (SSSR count). The van der Waals surface area contributed by atoms with Gasteiger partial charge in [0, 0.05) is 22.3 Å². The van der Waals surface area contributed by atoms with E-state index < -0.39 is 11.9 Å². The molecule has 0 bridgehead atoms. The second-order valence-electron chi connectivity index (χ2n) is 13.0. The lowest BCUT2D eigenvalue weighted by molar-refractivity contribution is 0.0511. The lowest BCUT2D eigenvalue weighted by Gasteiger charge is -2.16. The Hall–Kier alpha value is -7.22. The maximum absolute atomic E-state index is 14.2. The summed E-state index contributed by atoms with van der Waals surface area (Å²) in [4.78, 5) is 35.3. The minimum absolute atomic E-state index is 0.0973. The largest absolute Gasteiger partial charge is 0.493 e. The Balaban J connectivity index is 1.86. The highest BCUT2D eigenvalue weighted by atomic mass is 16.5. The Labute approximate surface area is 348 Å². The van der Waals surface area contributed by atoms with Gasteiger partial charge in [-0.2, -0.15) is 0 Å². The van der Waals surface area contributed by atoms with Crippen LogP contribution in [0.25, 0.3) is 55.9 Å². The van der Waals surface area contributed by atoms with Gasteiger partial charge in [-0.1, -0.05) is 24.3 Å². The van der Waals surface area contributed by atoms with E-state index in [1.807, 2.05) is 36.4 Å². The van der Waals surface area contributed by atoms with Gasteiger partial charge in [0.25, 0.3) is 0 Å². The topological polar surface area (TPSA) is 158 Å². The van der Waals surface area contributed by atoms with Crippen LogP contribution < -0.4 is 37.9 Å². The lowest BCUT2D eigenvalue weighted by atomic mass is 9.90. The Kier molecular flexibility index (Phi) is 13.1. The van der Waals surface area contributed by atoms with E-state index in [4.69, 9.17) is 47.4 Å². The van der Waals surface area contributed by atoms with Gasteiger partial charge in [-0.25, -0.2) is 9.59 Å². The molecule has 0 amide bonds. The Morgan fingerprint density at radius 2 is 0.633 bits per heavy atom. The molecular weight excluding hydrogens is 773 g/mol. The van der Waals surface area contributed by atoms with Gasteiger partial charge in [0.15, 0.2) is 46.0 Å². The first-order valence-electron chi connectivity index (χ1n) is 18.9. The van der Waals surface area contributed by atoms with Gasteiger partial charge in [0.1, 0.15) is 11.4 Å². The van der Waals surface area contributed by atoms with E-state index in [-0.39, 0.29) is 24.6 Å². The van der Waals surface area contributed by atoms with Crippen LogP contribution in [0.5, 0.6) is 46.0 Å². The van der Waals surface area contributed by atoms with Crippen molar-refractivity contribution >= 4 is 11.9 Å². The van der Waals surface area contributed by atoms with Crippen LogP contribution in [0.4, 0.5) is 0 Å². The molecular formula is C46H48N2O12. The summed E-state index contributed by atoms with van der Waals surface area (Å²) in [5.74, 6) is 2.42. The molecule has 0 spiro atoms. The van der Waals surface area contributed by atoms with Crippen LogP contribution in [-0.2, 0) is 9.47 Å². The third-order valence-corrected chi connectivity index (χ3v) is 9.90. The summed E-state index contributed by atoms with van der Waals surface area (Å²) >= 11 is 0. The summed E-state index contributed by atoms with van der Waals surface area (Å²) in [6.07, 6.45) is 0. The van der Waals surface area contributed by atoms with Crippen LogP contribution >= 0.6 is 0 Å². The van der Waals surface area contributed by atoms with Gasteiger partial charge in [-0.3, -0.25) is 0 Å². The fourth-order valence-electron chi connectivity index (χ4n) is 7.21. The van der Waals surface area contributed by atoms with Crippen molar-refractivity contribution in [3.05, 3.63) is 84.2 Å². The Morgan fingerprint density at radius 3 is 0.867 bits per heavy atom. The summed E-state index contributed by atoms with van der Waals surface area (Å²) in [5.41, 5.74) is 5.53. The zero-order chi connectivity index (χ0) is 43.1. The molecule has 2 N–H and O–H groups in total. The summed E-state index contributed by atoms with van der Waals surface area (Å²) < 4.78 is 56.8. The number of aromatic nitrogens is 2. The molecule has 0 fully saturated rings. The summed E-state index contributed by atoms with van der Waals surface area (Å²) in [6.45, 7) is 3.66. The molecule has 0 aliphatic rings. The van der Waals surface area contributed by atoms with Crippen LogP contribution in [0.3, 0.4) is 0 Å². The van der Waals surface area contributed by atoms with Crippen molar-refractivity contribution in [1.82, 2.24) is 9.97 Å². The van der Waals surface area contributed by atoms with Crippen LogP contribution in [-0.4, -0.2) is 92.0 Å². The summed E-state index contributed by atoms with van der Waals surface area (Å²) in [6, 6.07) is 21.6. The highest BCUT2D eigenvalue weighted by molar-refractivity contribution is 6.11. The van der Waals surface area contributed by atoms with E-state index in [1.54, 1.807) is 92.9 Å². The molecule has 2 aromatic heterocycles. The summed E-state index contributed by atoms with van der Waals surface area (Å²) in [7, 11) is 12.3. The van der Waals surface area contributed by atoms with Crippen molar-refractivity contribution in [2.45, 2.75) is 13.8 Å². The number of nitrogens with one attached hydrogen (secondary N) is 2. The number of esters is 2. The first-order valence-corrected chi connectivity index (χ1v) is 18.9. The fraction of sp³-hybridized carbons (Fsp3) is 0.261. The SMILES string of the molecule is CCOC(=O)c1[nH]c(-c2[nH]c(C(=O)OCC)c(-c3ccc(OC)c(OC)c3)c2-c2ccc(OC)c(OC)c2)c(-c2ccc(OC)c(OC)c2)c1-c1ccc(OC)c(OC)c1. The molecule has 0 aliphatic carbocycles. The Morgan fingerprint density at radius 1 is 0.383 bits per heavy atom. The monoisotopic (exact) mass is 820 g/mol. The predicted molar refractivity (Wildman–Crippen MR) is 227 cm³/mol. The number of H-pyrrole nitrogens is 2. The molecule has 0 atom stereocenters. The number of methoxy groups -OCH3 is 8. The lowest BCUT2D eigenvalue weighted by Crippen LogP contribution is -2.07. The van der Waals surface area contributed by atoms with Gasteiger partial charge in [0.05, 0.1) is 81.5 Å². The van der Waals surface area contributed by atoms with E-state index in [1.165, 1.54) is 14.2 Å². The molecule has 0 unspecified atom stereocenters. The van der Waals surface area contributed by atoms with Crippen LogP contribution in [0, 0.1) is 0 Å². The number of ether oxygens (including phenoxy) is 10. The predicted octanol–water partition coefficient (Wildman–Crippen LogP) is 9.10. The molecule has 0 aliphatic heterocycles. The minimum Gasteiger partial charge on any atom is -0.493 e. The third-order valence-electron chi connectivity index (χ3n) is 9.90. The zero-order valence-corrected chi connectivity index (χ0v) is 35.2. The molecule has 4 aromatic carbocycles. The van der Waals surface area contributed by atoms with Gasteiger partial charge in [-0.05, 0) is 84.6 Å². The van der Waals surface area contributed by atoms with E-state index >= 15 is 0 Å². The van der Waals surface area contributed by atoms with Crippen molar-refractivity contribution < 1.29 is 57.0 Å². The molecule has 0 saturated heterocycles. The molecule has 0 radical (unpaired) electrons. The number of aromatic amines is 2. The number of benzene rings is 4. The van der Waals surface area contributed by atoms with Gasteiger partial charge in [0.2, 0.25) is 0 Å². The van der Waals surface area contributed by atoms with E-state index in [0.29, 0.717) is 102 Å². The van der Waals surface area contributed by atoms with Crippen molar-refractivity contribution in [2.75, 3.05) is 70.1 Å². The smallest absolute Gasteiger partial charge is 0.355 e. The number of carbonyl (C=O) groups is 2. The second kappa shape index (κ2) is 18.6. The van der Waals surface area contributed by atoms with E-state index in [9.17, 15) is 9.59 Å². The zero-order valence-electron chi connectivity index (χ0n) is 35.2. The highest BCUT2D eigenvalue weighted by Crippen LogP contribution is 2.52. The minimum atomic E-state index is -0.625. The van der Waals surface area contributed by atoms with E-state index in [0.717, 1.165) is 0 Å². The molecule has 14 nitrogen and oxygen atoms in total. The molecule has 314 valence electrons. The first-order chi connectivity index (χ1) is 29.1. The molecule has 0 saturated carbocycles. The molecule has 6 aromatic rings. The number of hydrogen-bond donors (Lipinski definition) is 2. The second-order valence-corrected chi connectivity index (χ2v) is 13.0. The molecule has 60 heavy (non-hydrogen) atoms. The van der Waals surface area contributed by atoms with Gasteiger partial charge >= 0.3 is 11.9 Å². The van der Waals surface area contributed by atoms with Crippen molar-refractivity contribution in [1.29, 1.82) is 0 Å². The maximum Gasteiger partial charge on any atom is 0.355 e. The van der Waals surface area contributed by atoms with Gasteiger partial charge < -0.3 is 57.3 Å². The first kappa shape index (κ1) is 42.4. The fourth-order valence-corrected chi connectivity index (χ4v) is 7.21.